The zero-order valence-corrected chi connectivity index (χ0v) is 8.32. The SMILES string of the molecule is COCCCSC(C)C(=O)NN. The summed E-state index contributed by atoms with van der Waals surface area (Å²) in [4.78, 5) is 10.9. The van der Waals surface area contributed by atoms with Gasteiger partial charge < -0.3 is 4.74 Å². The van der Waals surface area contributed by atoms with Gasteiger partial charge in [0.25, 0.3) is 0 Å². The predicted molar refractivity (Wildman–Crippen MR) is 50.7 cm³/mol. The maximum atomic E-state index is 10.9. The van der Waals surface area contributed by atoms with E-state index in [0.29, 0.717) is 0 Å². The van der Waals surface area contributed by atoms with Crippen LogP contribution >= 0.6 is 11.8 Å². The van der Waals surface area contributed by atoms with Crippen LogP contribution in [0.4, 0.5) is 0 Å². The summed E-state index contributed by atoms with van der Waals surface area (Å²) in [7, 11) is 1.67. The van der Waals surface area contributed by atoms with E-state index in [1.165, 1.54) is 0 Å². The monoisotopic (exact) mass is 192 g/mol. The van der Waals surface area contributed by atoms with E-state index in [-0.39, 0.29) is 11.2 Å². The fourth-order valence-corrected chi connectivity index (χ4v) is 1.51. The zero-order chi connectivity index (χ0) is 9.40. The van der Waals surface area contributed by atoms with Gasteiger partial charge in [-0.2, -0.15) is 0 Å². The quantitative estimate of drug-likeness (QED) is 0.272. The van der Waals surface area contributed by atoms with Gasteiger partial charge in [-0.15, -0.1) is 11.8 Å². The molecule has 0 saturated heterocycles. The topological polar surface area (TPSA) is 64.3 Å². The molecule has 0 rings (SSSR count). The molecule has 0 saturated carbocycles. The molecule has 1 amide bonds. The number of hydrogen-bond donors (Lipinski definition) is 2. The van der Waals surface area contributed by atoms with Crippen molar-refractivity contribution >= 4 is 17.7 Å². The second kappa shape index (κ2) is 7.39. The second-order valence-corrected chi connectivity index (χ2v) is 3.82. The zero-order valence-electron chi connectivity index (χ0n) is 7.50. The molecular weight excluding hydrogens is 176 g/mol. The van der Waals surface area contributed by atoms with Gasteiger partial charge in [0.2, 0.25) is 5.91 Å². The maximum absolute atomic E-state index is 10.9. The lowest BCUT2D eigenvalue weighted by Gasteiger charge is -2.08. The molecule has 1 unspecified atom stereocenters. The van der Waals surface area contributed by atoms with Crippen molar-refractivity contribution in [3.05, 3.63) is 0 Å². The highest BCUT2D eigenvalue weighted by Gasteiger charge is 2.10. The van der Waals surface area contributed by atoms with Crippen LogP contribution in [-0.4, -0.2) is 30.6 Å². The maximum Gasteiger partial charge on any atom is 0.246 e. The smallest absolute Gasteiger partial charge is 0.246 e. The van der Waals surface area contributed by atoms with Crippen molar-refractivity contribution in [2.45, 2.75) is 18.6 Å². The molecule has 5 heteroatoms. The molecule has 0 aliphatic carbocycles. The van der Waals surface area contributed by atoms with E-state index in [4.69, 9.17) is 10.6 Å². The molecule has 3 N–H and O–H groups in total. The van der Waals surface area contributed by atoms with Crippen molar-refractivity contribution in [2.24, 2.45) is 5.84 Å². The van der Waals surface area contributed by atoms with Crippen molar-refractivity contribution < 1.29 is 9.53 Å². The van der Waals surface area contributed by atoms with Crippen LogP contribution in [0.25, 0.3) is 0 Å². The molecule has 0 spiro atoms. The number of thioether (sulfide) groups is 1. The number of carbonyl (C=O) groups excluding carboxylic acids is 1. The predicted octanol–water partition coefficient (Wildman–Crippen LogP) is 0.135. The van der Waals surface area contributed by atoms with Crippen molar-refractivity contribution in [1.29, 1.82) is 0 Å². The van der Waals surface area contributed by atoms with Crippen LogP contribution in [-0.2, 0) is 9.53 Å². The van der Waals surface area contributed by atoms with E-state index >= 15 is 0 Å². The lowest BCUT2D eigenvalue weighted by atomic mass is 10.5. The highest BCUT2D eigenvalue weighted by Crippen LogP contribution is 2.10. The molecule has 72 valence electrons. The first-order valence-corrected chi connectivity index (χ1v) is 4.88. The van der Waals surface area contributed by atoms with E-state index < -0.39 is 0 Å². The molecule has 0 fully saturated rings. The Morgan fingerprint density at radius 1 is 1.75 bits per heavy atom. The van der Waals surface area contributed by atoms with Crippen LogP contribution in [0.3, 0.4) is 0 Å². The first-order valence-electron chi connectivity index (χ1n) is 3.83. The second-order valence-electron chi connectivity index (χ2n) is 2.37. The number of carbonyl (C=O) groups is 1. The average Bonchev–Trinajstić information content (AvgIpc) is 2.10. The normalized spacial score (nSPS) is 12.6. The third kappa shape index (κ3) is 5.40. The van der Waals surface area contributed by atoms with Crippen molar-refractivity contribution in [1.82, 2.24) is 5.43 Å². The lowest BCUT2D eigenvalue weighted by Crippen LogP contribution is -2.36. The van der Waals surface area contributed by atoms with Gasteiger partial charge in [-0.25, -0.2) is 5.84 Å². The van der Waals surface area contributed by atoms with Gasteiger partial charge >= 0.3 is 0 Å². The van der Waals surface area contributed by atoms with Crippen LogP contribution in [0.1, 0.15) is 13.3 Å². The first kappa shape index (κ1) is 11.7. The van der Waals surface area contributed by atoms with E-state index in [0.717, 1.165) is 18.8 Å². The van der Waals surface area contributed by atoms with Gasteiger partial charge in [0.1, 0.15) is 0 Å². The first-order chi connectivity index (χ1) is 5.72. The highest BCUT2D eigenvalue weighted by molar-refractivity contribution is 8.00. The minimum atomic E-state index is -0.127. The molecule has 0 bridgehead atoms. The van der Waals surface area contributed by atoms with Crippen LogP contribution in [0.15, 0.2) is 0 Å². The summed E-state index contributed by atoms with van der Waals surface area (Å²) in [5.74, 6) is 5.76. The standard InChI is InChI=1S/C7H16N2O2S/c1-6(7(10)9-8)12-5-3-4-11-2/h6H,3-5,8H2,1-2H3,(H,9,10). The number of rotatable bonds is 6. The minimum absolute atomic E-state index is 0.0770. The Morgan fingerprint density at radius 2 is 2.42 bits per heavy atom. The minimum Gasteiger partial charge on any atom is -0.385 e. The molecular formula is C7H16N2O2S. The average molecular weight is 192 g/mol. The van der Waals surface area contributed by atoms with Gasteiger partial charge in [-0.1, -0.05) is 0 Å². The van der Waals surface area contributed by atoms with Gasteiger partial charge in [-0.3, -0.25) is 10.2 Å². The van der Waals surface area contributed by atoms with Crippen LogP contribution in [0.5, 0.6) is 0 Å². The molecule has 0 aromatic heterocycles. The van der Waals surface area contributed by atoms with Crippen LogP contribution in [0.2, 0.25) is 0 Å². The van der Waals surface area contributed by atoms with E-state index in [1.54, 1.807) is 18.9 Å². The lowest BCUT2D eigenvalue weighted by molar-refractivity contribution is -0.120. The Bertz CT molecular complexity index is 133. The number of nitrogens with two attached hydrogens (primary N) is 1. The summed E-state index contributed by atoms with van der Waals surface area (Å²) in [6, 6.07) is 0. The number of hydrogen-bond acceptors (Lipinski definition) is 4. The molecule has 0 aliphatic rings. The van der Waals surface area contributed by atoms with Gasteiger partial charge in [0.15, 0.2) is 0 Å². The number of ether oxygens (including phenoxy) is 1. The van der Waals surface area contributed by atoms with Crippen LogP contribution in [0, 0.1) is 0 Å². The number of amides is 1. The Balaban J connectivity index is 3.31. The van der Waals surface area contributed by atoms with Gasteiger partial charge in [0.05, 0.1) is 5.25 Å². The summed E-state index contributed by atoms with van der Waals surface area (Å²) in [5, 5.41) is -0.0770. The van der Waals surface area contributed by atoms with Crippen molar-refractivity contribution in [3.63, 3.8) is 0 Å². The summed E-state index contributed by atoms with van der Waals surface area (Å²) in [6.45, 7) is 2.57. The molecule has 1 atom stereocenters. The molecule has 0 radical (unpaired) electrons. The Labute approximate surface area is 77.2 Å². The molecule has 0 heterocycles. The van der Waals surface area contributed by atoms with E-state index in [1.807, 2.05) is 6.92 Å². The number of nitrogens with one attached hydrogen (secondary N) is 1. The Kier molecular flexibility index (Phi) is 7.23. The highest BCUT2D eigenvalue weighted by atomic mass is 32.2. The fourth-order valence-electron chi connectivity index (χ4n) is 0.656. The van der Waals surface area contributed by atoms with Gasteiger partial charge in [0, 0.05) is 13.7 Å². The number of hydrazine groups is 1. The summed E-state index contributed by atoms with van der Waals surface area (Å²) >= 11 is 1.58. The molecule has 12 heavy (non-hydrogen) atoms. The molecule has 4 nitrogen and oxygen atoms in total. The van der Waals surface area contributed by atoms with Crippen LogP contribution < -0.4 is 11.3 Å². The summed E-state index contributed by atoms with van der Waals surface area (Å²) in [6.07, 6.45) is 0.962. The Morgan fingerprint density at radius 3 is 2.92 bits per heavy atom. The third-order valence-corrected chi connectivity index (χ3v) is 2.61. The largest absolute Gasteiger partial charge is 0.385 e. The van der Waals surface area contributed by atoms with Crippen molar-refractivity contribution in [3.8, 4) is 0 Å². The van der Waals surface area contributed by atoms with E-state index in [9.17, 15) is 4.79 Å². The molecule has 0 aromatic carbocycles. The molecule has 0 aromatic rings. The van der Waals surface area contributed by atoms with E-state index in [2.05, 4.69) is 5.43 Å². The van der Waals surface area contributed by atoms with Crippen molar-refractivity contribution in [2.75, 3.05) is 19.5 Å². The summed E-state index contributed by atoms with van der Waals surface area (Å²) < 4.78 is 4.87. The van der Waals surface area contributed by atoms with Gasteiger partial charge in [-0.05, 0) is 19.1 Å². The summed E-state index contributed by atoms with van der Waals surface area (Å²) in [5.41, 5.74) is 2.11. The molecule has 0 aliphatic heterocycles. The Hall–Kier alpha value is -0.260. The fraction of sp³-hybridized carbons (Fsp3) is 0.857. The number of methoxy groups -OCH3 is 1. The third-order valence-electron chi connectivity index (χ3n) is 1.37.